The summed E-state index contributed by atoms with van der Waals surface area (Å²) in [5.74, 6) is -0.328. The SMILES string of the molecule is O=C(Cc1cccs1)NC1C[N]C1=O. The lowest BCUT2D eigenvalue weighted by Gasteiger charge is -2.23. The molecule has 1 N–H and O–H groups in total. The summed E-state index contributed by atoms with van der Waals surface area (Å²) in [5, 5.41) is 8.10. The van der Waals surface area contributed by atoms with Crippen LogP contribution in [0.4, 0.5) is 0 Å². The molecule has 1 aliphatic heterocycles. The highest BCUT2D eigenvalue weighted by atomic mass is 32.1. The number of hydrogen-bond acceptors (Lipinski definition) is 3. The molecule has 1 aliphatic rings. The molecule has 2 amide bonds. The van der Waals surface area contributed by atoms with Crippen LogP contribution in [0.15, 0.2) is 17.5 Å². The molecule has 5 heteroatoms. The first-order valence-corrected chi connectivity index (χ1v) is 5.17. The van der Waals surface area contributed by atoms with E-state index in [9.17, 15) is 9.59 Å². The molecule has 1 atom stereocenters. The minimum Gasteiger partial charge on any atom is -0.342 e. The van der Waals surface area contributed by atoms with Crippen molar-refractivity contribution in [1.29, 1.82) is 0 Å². The quantitative estimate of drug-likeness (QED) is 0.708. The third kappa shape index (κ3) is 1.93. The molecule has 1 fully saturated rings. The van der Waals surface area contributed by atoms with E-state index in [4.69, 9.17) is 0 Å². The van der Waals surface area contributed by atoms with E-state index >= 15 is 0 Å². The summed E-state index contributed by atoms with van der Waals surface area (Å²) >= 11 is 1.54. The standard InChI is InChI=1S/C9H9N2O2S/c12-8(4-6-2-1-3-14-6)11-7-5-10-9(7)13/h1-3,7H,4-5H2,(H,11,12). The van der Waals surface area contributed by atoms with Crippen LogP contribution in [0.2, 0.25) is 0 Å². The van der Waals surface area contributed by atoms with Gasteiger partial charge in [-0.1, -0.05) is 6.07 Å². The molecule has 0 saturated carbocycles. The molecular weight excluding hydrogens is 200 g/mol. The molecule has 1 saturated heterocycles. The number of nitrogens with zero attached hydrogens (tertiary/aromatic N) is 1. The Morgan fingerprint density at radius 2 is 2.57 bits per heavy atom. The molecule has 0 aromatic carbocycles. The molecule has 1 radical (unpaired) electrons. The average Bonchev–Trinajstić information content (AvgIpc) is 2.64. The van der Waals surface area contributed by atoms with Crippen LogP contribution in [-0.2, 0) is 16.0 Å². The lowest BCUT2D eigenvalue weighted by molar-refractivity contribution is -0.133. The van der Waals surface area contributed by atoms with Gasteiger partial charge in [0.25, 0.3) is 5.91 Å². The Morgan fingerprint density at radius 3 is 3.07 bits per heavy atom. The minimum absolute atomic E-state index is 0.110. The van der Waals surface area contributed by atoms with E-state index in [0.717, 1.165) is 4.88 Å². The van der Waals surface area contributed by atoms with Crippen LogP contribution < -0.4 is 10.6 Å². The van der Waals surface area contributed by atoms with Gasteiger partial charge in [-0.3, -0.25) is 9.59 Å². The summed E-state index contributed by atoms with van der Waals surface area (Å²) in [5.41, 5.74) is 0. The molecular formula is C9H9N2O2S. The summed E-state index contributed by atoms with van der Waals surface area (Å²) < 4.78 is 0. The molecule has 0 bridgehead atoms. The number of thiophene rings is 1. The van der Waals surface area contributed by atoms with Crippen molar-refractivity contribution in [1.82, 2.24) is 10.6 Å². The van der Waals surface area contributed by atoms with Gasteiger partial charge in [-0.15, -0.1) is 11.3 Å². The van der Waals surface area contributed by atoms with Gasteiger partial charge in [0.05, 0.1) is 13.0 Å². The van der Waals surface area contributed by atoms with Crippen molar-refractivity contribution in [2.75, 3.05) is 6.54 Å². The molecule has 4 nitrogen and oxygen atoms in total. The fraction of sp³-hybridized carbons (Fsp3) is 0.333. The number of carbonyl (C=O) groups is 2. The van der Waals surface area contributed by atoms with Crippen molar-refractivity contribution >= 4 is 23.2 Å². The zero-order chi connectivity index (χ0) is 9.97. The van der Waals surface area contributed by atoms with Gasteiger partial charge in [0.1, 0.15) is 6.04 Å². The van der Waals surface area contributed by atoms with Crippen LogP contribution in [-0.4, -0.2) is 24.4 Å². The molecule has 1 aromatic heterocycles. The molecule has 0 aliphatic carbocycles. The van der Waals surface area contributed by atoms with Crippen LogP contribution in [0.3, 0.4) is 0 Å². The number of carbonyl (C=O) groups excluding carboxylic acids is 2. The lowest BCUT2D eigenvalue weighted by Crippen LogP contribution is -2.58. The molecule has 73 valence electrons. The first kappa shape index (κ1) is 9.21. The van der Waals surface area contributed by atoms with Crippen molar-refractivity contribution in [2.24, 2.45) is 0 Å². The fourth-order valence-corrected chi connectivity index (χ4v) is 1.88. The van der Waals surface area contributed by atoms with Crippen LogP contribution in [0.25, 0.3) is 0 Å². The Bertz CT molecular complexity index is 348. The molecule has 14 heavy (non-hydrogen) atoms. The van der Waals surface area contributed by atoms with Gasteiger partial charge in [-0.05, 0) is 11.4 Å². The maximum atomic E-state index is 11.4. The van der Waals surface area contributed by atoms with Crippen molar-refractivity contribution in [2.45, 2.75) is 12.5 Å². The summed E-state index contributed by atoms with van der Waals surface area (Å²) in [6, 6.07) is 3.43. The van der Waals surface area contributed by atoms with E-state index in [1.165, 1.54) is 11.3 Å². The first-order chi connectivity index (χ1) is 6.75. The predicted octanol–water partition coefficient (Wildman–Crippen LogP) is -0.0800. The van der Waals surface area contributed by atoms with E-state index in [0.29, 0.717) is 13.0 Å². The van der Waals surface area contributed by atoms with E-state index in [2.05, 4.69) is 10.6 Å². The Kier molecular flexibility index (Phi) is 2.49. The van der Waals surface area contributed by atoms with Gasteiger partial charge < -0.3 is 5.32 Å². The van der Waals surface area contributed by atoms with Crippen LogP contribution in [0, 0.1) is 0 Å². The first-order valence-electron chi connectivity index (χ1n) is 4.29. The second-order valence-corrected chi connectivity index (χ2v) is 4.09. The predicted molar refractivity (Wildman–Crippen MR) is 52.0 cm³/mol. The molecule has 1 aromatic rings. The van der Waals surface area contributed by atoms with Crippen LogP contribution >= 0.6 is 11.3 Å². The summed E-state index contributed by atoms with van der Waals surface area (Å²) in [6.45, 7) is 0.426. The maximum absolute atomic E-state index is 11.4. The Hall–Kier alpha value is -1.36. The Morgan fingerprint density at radius 1 is 1.71 bits per heavy atom. The number of amides is 2. The van der Waals surface area contributed by atoms with Gasteiger partial charge in [-0.25, -0.2) is 5.32 Å². The van der Waals surface area contributed by atoms with Gasteiger partial charge in [0, 0.05) is 4.88 Å². The van der Waals surface area contributed by atoms with Gasteiger partial charge in [0.15, 0.2) is 0 Å². The highest BCUT2D eigenvalue weighted by Crippen LogP contribution is 2.09. The second kappa shape index (κ2) is 3.79. The van der Waals surface area contributed by atoms with Crippen molar-refractivity contribution in [3.8, 4) is 0 Å². The van der Waals surface area contributed by atoms with Crippen LogP contribution in [0.1, 0.15) is 4.88 Å². The van der Waals surface area contributed by atoms with Crippen molar-refractivity contribution in [3.63, 3.8) is 0 Å². The Balaban J connectivity index is 1.82. The minimum atomic E-state index is -0.373. The van der Waals surface area contributed by atoms with Crippen molar-refractivity contribution < 1.29 is 9.59 Å². The van der Waals surface area contributed by atoms with Crippen LogP contribution in [0.5, 0.6) is 0 Å². The van der Waals surface area contributed by atoms with E-state index in [-0.39, 0.29) is 17.9 Å². The monoisotopic (exact) mass is 209 g/mol. The van der Waals surface area contributed by atoms with Crippen molar-refractivity contribution in [3.05, 3.63) is 22.4 Å². The second-order valence-electron chi connectivity index (χ2n) is 3.06. The number of nitrogens with one attached hydrogen (secondary N) is 1. The molecule has 2 rings (SSSR count). The normalized spacial score (nSPS) is 19.7. The average molecular weight is 209 g/mol. The summed E-state index contributed by atoms with van der Waals surface area (Å²) in [6.07, 6.45) is 0.349. The highest BCUT2D eigenvalue weighted by molar-refractivity contribution is 7.10. The zero-order valence-corrected chi connectivity index (χ0v) is 8.21. The van der Waals surface area contributed by atoms with Gasteiger partial charge in [-0.2, -0.15) is 0 Å². The van der Waals surface area contributed by atoms with E-state index < -0.39 is 0 Å². The zero-order valence-electron chi connectivity index (χ0n) is 7.40. The largest absolute Gasteiger partial charge is 0.342 e. The third-order valence-electron chi connectivity index (χ3n) is 1.98. The molecule has 2 heterocycles. The lowest BCUT2D eigenvalue weighted by atomic mass is 10.1. The maximum Gasteiger partial charge on any atom is 0.265 e. The smallest absolute Gasteiger partial charge is 0.265 e. The molecule has 0 spiro atoms. The third-order valence-corrected chi connectivity index (χ3v) is 2.85. The fourth-order valence-electron chi connectivity index (χ4n) is 1.18. The summed E-state index contributed by atoms with van der Waals surface area (Å²) in [7, 11) is 0. The summed E-state index contributed by atoms with van der Waals surface area (Å²) in [4.78, 5) is 23.2. The number of hydrogen-bond donors (Lipinski definition) is 1. The molecule has 1 unspecified atom stereocenters. The topological polar surface area (TPSA) is 60.3 Å². The number of β-lactam (4-membered cyclic amide) rings is 1. The van der Waals surface area contributed by atoms with E-state index in [1.54, 1.807) is 0 Å². The van der Waals surface area contributed by atoms with E-state index in [1.807, 2.05) is 17.5 Å². The van der Waals surface area contributed by atoms with Gasteiger partial charge >= 0.3 is 0 Å². The highest BCUT2D eigenvalue weighted by Gasteiger charge is 2.30. The van der Waals surface area contributed by atoms with Gasteiger partial charge in [0.2, 0.25) is 5.91 Å². The number of rotatable bonds is 3. The Labute approximate surface area is 85.3 Å².